The van der Waals surface area contributed by atoms with Crippen molar-refractivity contribution in [3.8, 4) is 11.6 Å². The van der Waals surface area contributed by atoms with E-state index in [0.29, 0.717) is 28.5 Å². The second-order valence-corrected chi connectivity index (χ2v) is 4.95. The van der Waals surface area contributed by atoms with Crippen LogP contribution in [0.5, 0.6) is 11.6 Å². The van der Waals surface area contributed by atoms with Gasteiger partial charge in [-0.2, -0.15) is 4.98 Å². The Morgan fingerprint density at radius 2 is 2.05 bits per heavy atom. The summed E-state index contributed by atoms with van der Waals surface area (Å²) in [4.78, 5) is 8.42. The Kier molecular flexibility index (Phi) is 5.31. The number of aliphatic hydroxyl groups excluding tert-OH is 1. The molecule has 0 amide bonds. The maximum absolute atomic E-state index is 8.88. The summed E-state index contributed by atoms with van der Waals surface area (Å²) in [7, 11) is 0. The van der Waals surface area contributed by atoms with E-state index in [2.05, 4.69) is 31.2 Å². The molecule has 0 saturated heterocycles. The van der Waals surface area contributed by atoms with E-state index in [1.165, 1.54) is 0 Å². The van der Waals surface area contributed by atoms with Gasteiger partial charge in [0.25, 0.3) is 0 Å². The number of aromatic nitrogens is 2. The Morgan fingerprint density at radius 1 is 1.30 bits per heavy atom. The standard InChI is InChI=1S/C14H16BrN3O2/c1-2-16-14-17-9-12(15)13(18-14)20-11-5-3-10(4-6-11)7-8-19/h3-6,9,19H,2,7-8H2,1H3,(H,16,17,18). The summed E-state index contributed by atoms with van der Waals surface area (Å²) >= 11 is 3.37. The molecule has 1 aromatic heterocycles. The fourth-order valence-corrected chi connectivity index (χ4v) is 1.90. The van der Waals surface area contributed by atoms with Gasteiger partial charge in [0.2, 0.25) is 11.8 Å². The molecule has 0 atom stereocenters. The van der Waals surface area contributed by atoms with Crippen molar-refractivity contribution >= 4 is 21.9 Å². The van der Waals surface area contributed by atoms with Crippen LogP contribution in [-0.4, -0.2) is 28.2 Å². The van der Waals surface area contributed by atoms with Gasteiger partial charge in [-0.15, -0.1) is 0 Å². The Balaban J connectivity index is 2.14. The quantitative estimate of drug-likeness (QED) is 0.848. The molecular formula is C14H16BrN3O2. The predicted molar refractivity (Wildman–Crippen MR) is 81.2 cm³/mol. The van der Waals surface area contributed by atoms with Crippen LogP contribution in [0.4, 0.5) is 5.95 Å². The third kappa shape index (κ3) is 3.91. The molecule has 2 rings (SSSR count). The van der Waals surface area contributed by atoms with Crippen molar-refractivity contribution in [2.75, 3.05) is 18.5 Å². The van der Waals surface area contributed by atoms with Crippen molar-refractivity contribution < 1.29 is 9.84 Å². The summed E-state index contributed by atoms with van der Waals surface area (Å²) in [5.74, 6) is 1.68. The molecule has 0 saturated carbocycles. The highest BCUT2D eigenvalue weighted by Crippen LogP contribution is 2.28. The fourth-order valence-electron chi connectivity index (χ4n) is 1.63. The minimum absolute atomic E-state index is 0.143. The third-order valence-electron chi connectivity index (χ3n) is 2.59. The highest BCUT2D eigenvalue weighted by atomic mass is 79.9. The van der Waals surface area contributed by atoms with Crippen molar-refractivity contribution in [3.63, 3.8) is 0 Å². The lowest BCUT2D eigenvalue weighted by Crippen LogP contribution is -2.03. The Labute approximate surface area is 126 Å². The molecule has 20 heavy (non-hydrogen) atoms. The monoisotopic (exact) mass is 337 g/mol. The van der Waals surface area contributed by atoms with Crippen LogP contribution >= 0.6 is 15.9 Å². The van der Waals surface area contributed by atoms with Gasteiger partial charge in [-0.3, -0.25) is 0 Å². The molecule has 0 bridgehead atoms. The van der Waals surface area contributed by atoms with Crippen LogP contribution in [0.3, 0.4) is 0 Å². The van der Waals surface area contributed by atoms with Gasteiger partial charge < -0.3 is 15.2 Å². The van der Waals surface area contributed by atoms with Crippen molar-refractivity contribution in [2.24, 2.45) is 0 Å². The summed E-state index contributed by atoms with van der Waals surface area (Å²) < 4.78 is 6.42. The molecule has 1 heterocycles. The van der Waals surface area contributed by atoms with Crippen LogP contribution in [0.25, 0.3) is 0 Å². The number of hydrogen-bond donors (Lipinski definition) is 2. The zero-order valence-corrected chi connectivity index (χ0v) is 12.7. The molecule has 0 aliphatic rings. The van der Waals surface area contributed by atoms with Gasteiger partial charge in [-0.05, 0) is 47.0 Å². The van der Waals surface area contributed by atoms with Crippen LogP contribution in [-0.2, 0) is 6.42 Å². The molecule has 1 aromatic carbocycles. The molecule has 5 nitrogen and oxygen atoms in total. The largest absolute Gasteiger partial charge is 0.438 e. The van der Waals surface area contributed by atoms with Gasteiger partial charge in [0.05, 0.1) is 10.7 Å². The van der Waals surface area contributed by atoms with E-state index in [-0.39, 0.29) is 6.61 Å². The maximum atomic E-state index is 8.88. The number of aliphatic hydroxyl groups is 1. The summed E-state index contributed by atoms with van der Waals surface area (Å²) in [5.41, 5.74) is 1.06. The summed E-state index contributed by atoms with van der Waals surface area (Å²) in [5, 5.41) is 11.9. The van der Waals surface area contributed by atoms with E-state index in [4.69, 9.17) is 9.84 Å². The Bertz CT molecular complexity index is 561. The average molecular weight is 338 g/mol. The van der Waals surface area contributed by atoms with Crippen LogP contribution in [0.1, 0.15) is 12.5 Å². The molecular weight excluding hydrogens is 322 g/mol. The third-order valence-corrected chi connectivity index (χ3v) is 3.13. The number of nitrogens with zero attached hydrogens (tertiary/aromatic N) is 2. The van der Waals surface area contributed by atoms with Crippen molar-refractivity contribution in [1.82, 2.24) is 9.97 Å². The smallest absolute Gasteiger partial charge is 0.238 e. The molecule has 0 aliphatic carbocycles. The van der Waals surface area contributed by atoms with E-state index in [9.17, 15) is 0 Å². The van der Waals surface area contributed by atoms with E-state index in [0.717, 1.165) is 12.1 Å². The highest BCUT2D eigenvalue weighted by molar-refractivity contribution is 9.10. The summed E-state index contributed by atoms with van der Waals surface area (Å²) in [6.45, 7) is 2.87. The maximum Gasteiger partial charge on any atom is 0.238 e. The van der Waals surface area contributed by atoms with Crippen LogP contribution in [0, 0.1) is 0 Å². The van der Waals surface area contributed by atoms with Gasteiger partial charge in [-0.25, -0.2) is 4.98 Å². The minimum Gasteiger partial charge on any atom is -0.438 e. The van der Waals surface area contributed by atoms with Crippen molar-refractivity contribution in [3.05, 3.63) is 40.5 Å². The number of halogens is 1. The lowest BCUT2D eigenvalue weighted by molar-refractivity contribution is 0.299. The number of nitrogens with one attached hydrogen (secondary N) is 1. The van der Waals surface area contributed by atoms with E-state index < -0.39 is 0 Å². The molecule has 106 valence electrons. The molecule has 0 aliphatic heterocycles. The zero-order chi connectivity index (χ0) is 14.4. The normalized spacial score (nSPS) is 10.3. The number of rotatable bonds is 6. The first-order valence-corrected chi connectivity index (χ1v) is 7.16. The number of anilines is 1. The van der Waals surface area contributed by atoms with Crippen molar-refractivity contribution in [2.45, 2.75) is 13.3 Å². The first-order valence-electron chi connectivity index (χ1n) is 6.37. The molecule has 6 heteroatoms. The van der Waals surface area contributed by atoms with Gasteiger partial charge in [0, 0.05) is 13.2 Å². The molecule has 0 radical (unpaired) electrons. The first kappa shape index (κ1) is 14.7. The molecule has 2 aromatic rings. The van der Waals surface area contributed by atoms with Crippen LogP contribution < -0.4 is 10.1 Å². The molecule has 0 spiro atoms. The molecule has 0 unspecified atom stereocenters. The van der Waals surface area contributed by atoms with Crippen LogP contribution in [0.2, 0.25) is 0 Å². The van der Waals surface area contributed by atoms with Gasteiger partial charge in [0.1, 0.15) is 5.75 Å². The molecule has 2 N–H and O–H groups in total. The topological polar surface area (TPSA) is 67.3 Å². The number of hydrogen-bond acceptors (Lipinski definition) is 5. The van der Waals surface area contributed by atoms with Gasteiger partial charge >= 0.3 is 0 Å². The Morgan fingerprint density at radius 3 is 2.70 bits per heavy atom. The fraction of sp³-hybridized carbons (Fsp3) is 0.286. The lowest BCUT2D eigenvalue weighted by atomic mass is 10.1. The number of ether oxygens (including phenoxy) is 1. The molecule has 0 fully saturated rings. The van der Waals surface area contributed by atoms with Gasteiger partial charge in [-0.1, -0.05) is 12.1 Å². The van der Waals surface area contributed by atoms with E-state index in [1.807, 2.05) is 31.2 Å². The first-order chi connectivity index (χ1) is 9.72. The SMILES string of the molecule is CCNc1ncc(Br)c(Oc2ccc(CCO)cc2)n1. The second kappa shape index (κ2) is 7.21. The minimum atomic E-state index is 0.143. The second-order valence-electron chi connectivity index (χ2n) is 4.10. The van der Waals surface area contributed by atoms with Gasteiger partial charge in [0.15, 0.2) is 0 Å². The zero-order valence-electron chi connectivity index (χ0n) is 11.1. The Hall–Kier alpha value is -1.66. The highest BCUT2D eigenvalue weighted by Gasteiger charge is 2.07. The van der Waals surface area contributed by atoms with Crippen LogP contribution in [0.15, 0.2) is 34.9 Å². The van der Waals surface area contributed by atoms with E-state index >= 15 is 0 Å². The van der Waals surface area contributed by atoms with E-state index in [1.54, 1.807) is 6.20 Å². The lowest BCUT2D eigenvalue weighted by Gasteiger charge is -2.09. The predicted octanol–water partition coefficient (Wildman–Crippen LogP) is 3.00. The average Bonchev–Trinajstić information content (AvgIpc) is 2.45. The summed E-state index contributed by atoms with van der Waals surface area (Å²) in [6, 6.07) is 7.55. The number of benzene rings is 1. The van der Waals surface area contributed by atoms with Crippen molar-refractivity contribution in [1.29, 1.82) is 0 Å². The summed E-state index contributed by atoms with van der Waals surface area (Å²) in [6.07, 6.45) is 2.29.